The molecule has 1 fully saturated rings. The molecule has 0 radical (unpaired) electrons. The fourth-order valence-corrected chi connectivity index (χ4v) is 2.97. The van der Waals surface area contributed by atoms with Crippen LogP contribution in [0.25, 0.3) is 0 Å². The van der Waals surface area contributed by atoms with Gasteiger partial charge in [0.2, 0.25) is 0 Å². The van der Waals surface area contributed by atoms with Crippen LogP contribution in [0.2, 0.25) is 0 Å². The Kier molecular flexibility index (Phi) is 6.20. The first-order valence-electron chi connectivity index (χ1n) is 9.12. The molecule has 0 aliphatic heterocycles. The van der Waals surface area contributed by atoms with Crippen molar-refractivity contribution in [3.05, 3.63) is 53.6 Å². The standard InChI is InChI=1S/C21H22F3NO4/c1-27-18-9-10-19(28-2)15(11-18)12-25(16-5-6-16)20(26)14-3-7-17(8-4-14)29-13-21(22,23)24/h3-4,7-11,16H,5-6,12-13H2,1-2H3. The molecule has 0 heterocycles. The van der Waals surface area contributed by atoms with E-state index in [1.54, 1.807) is 31.3 Å². The van der Waals surface area contributed by atoms with Crippen molar-refractivity contribution in [2.45, 2.75) is 31.6 Å². The number of halogens is 3. The number of hydrogen-bond donors (Lipinski definition) is 0. The number of ether oxygens (including phenoxy) is 3. The summed E-state index contributed by atoms with van der Waals surface area (Å²) in [5.74, 6) is 1.18. The first kappa shape index (κ1) is 20.8. The zero-order chi connectivity index (χ0) is 21.0. The van der Waals surface area contributed by atoms with Crippen LogP contribution in [0.5, 0.6) is 17.2 Å². The second-order valence-corrected chi connectivity index (χ2v) is 6.77. The molecule has 1 aliphatic rings. The minimum Gasteiger partial charge on any atom is -0.497 e. The topological polar surface area (TPSA) is 48.0 Å². The van der Waals surface area contributed by atoms with E-state index in [9.17, 15) is 18.0 Å². The van der Waals surface area contributed by atoms with Gasteiger partial charge in [-0.2, -0.15) is 13.2 Å². The van der Waals surface area contributed by atoms with Crippen LogP contribution in [0, 0.1) is 0 Å². The second kappa shape index (κ2) is 8.63. The van der Waals surface area contributed by atoms with Gasteiger partial charge in [-0.1, -0.05) is 0 Å². The molecule has 0 aromatic heterocycles. The third-order valence-corrected chi connectivity index (χ3v) is 4.58. The Morgan fingerprint density at radius 1 is 1.03 bits per heavy atom. The molecule has 0 unspecified atom stereocenters. The molecule has 1 saturated carbocycles. The molecular formula is C21H22F3NO4. The lowest BCUT2D eigenvalue weighted by atomic mass is 10.1. The van der Waals surface area contributed by atoms with Crippen LogP contribution in [0.15, 0.2) is 42.5 Å². The molecule has 0 saturated heterocycles. The number of carbonyl (C=O) groups excluding carboxylic acids is 1. The van der Waals surface area contributed by atoms with Crippen molar-refractivity contribution in [3.8, 4) is 17.2 Å². The van der Waals surface area contributed by atoms with Crippen molar-refractivity contribution in [1.29, 1.82) is 0 Å². The van der Waals surface area contributed by atoms with E-state index in [0.29, 0.717) is 23.6 Å². The highest BCUT2D eigenvalue weighted by Crippen LogP contribution is 2.33. The summed E-state index contributed by atoms with van der Waals surface area (Å²) in [7, 11) is 3.13. The second-order valence-electron chi connectivity index (χ2n) is 6.77. The summed E-state index contributed by atoms with van der Waals surface area (Å²) in [6, 6.07) is 11.2. The van der Waals surface area contributed by atoms with E-state index in [0.717, 1.165) is 18.4 Å². The van der Waals surface area contributed by atoms with Crippen molar-refractivity contribution in [1.82, 2.24) is 4.90 Å². The third kappa shape index (κ3) is 5.56. The number of alkyl halides is 3. The molecule has 1 amide bonds. The Hall–Kier alpha value is -2.90. The van der Waals surface area contributed by atoms with Crippen molar-refractivity contribution in [2.75, 3.05) is 20.8 Å². The van der Waals surface area contributed by atoms with Gasteiger partial charge in [0.1, 0.15) is 17.2 Å². The zero-order valence-electron chi connectivity index (χ0n) is 16.2. The average Bonchev–Trinajstić information content (AvgIpc) is 3.54. The molecule has 0 atom stereocenters. The smallest absolute Gasteiger partial charge is 0.422 e. The predicted molar refractivity (Wildman–Crippen MR) is 100 cm³/mol. The Morgan fingerprint density at radius 2 is 1.69 bits per heavy atom. The van der Waals surface area contributed by atoms with Gasteiger partial charge >= 0.3 is 6.18 Å². The lowest BCUT2D eigenvalue weighted by molar-refractivity contribution is -0.153. The van der Waals surface area contributed by atoms with Crippen LogP contribution in [-0.2, 0) is 6.54 Å². The van der Waals surface area contributed by atoms with Gasteiger partial charge in [0.15, 0.2) is 6.61 Å². The summed E-state index contributed by atoms with van der Waals surface area (Å²) in [6.07, 6.45) is -2.59. The molecule has 2 aromatic rings. The highest BCUT2D eigenvalue weighted by Gasteiger charge is 2.34. The molecule has 3 rings (SSSR count). The van der Waals surface area contributed by atoms with E-state index in [2.05, 4.69) is 0 Å². The lowest BCUT2D eigenvalue weighted by Crippen LogP contribution is -2.32. The van der Waals surface area contributed by atoms with Crippen LogP contribution < -0.4 is 14.2 Å². The van der Waals surface area contributed by atoms with E-state index >= 15 is 0 Å². The molecule has 29 heavy (non-hydrogen) atoms. The van der Waals surface area contributed by atoms with Gasteiger partial charge < -0.3 is 19.1 Å². The molecule has 0 bridgehead atoms. The summed E-state index contributed by atoms with van der Waals surface area (Å²) < 4.78 is 52.2. The van der Waals surface area contributed by atoms with Crippen molar-refractivity contribution >= 4 is 5.91 Å². The van der Waals surface area contributed by atoms with Gasteiger partial charge in [-0.3, -0.25) is 4.79 Å². The summed E-state index contributed by atoms with van der Waals surface area (Å²) >= 11 is 0. The first-order chi connectivity index (χ1) is 13.8. The quantitative estimate of drug-likeness (QED) is 0.646. The van der Waals surface area contributed by atoms with E-state index in [4.69, 9.17) is 14.2 Å². The number of hydrogen-bond acceptors (Lipinski definition) is 4. The van der Waals surface area contributed by atoms with E-state index < -0.39 is 12.8 Å². The molecule has 8 heteroatoms. The van der Waals surface area contributed by atoms with Gasteiger partial charge in [0.25, 0.3) is 5.91 Å². The van der Waals surface area contributed by atoms with Crippen LogP contribution in [0.4, 0.5) is 13.2 Å². The van der Waals surface area contributed by atoms with Gasteiger partial charge in [-0.25, -0.2) is 0 Å². The van der Waals surface area contributed by atoms with Crippen molar-refractivity contribution in [3.63, 3.8) is 0 Å². The molecule has 0 N–H and O–H groups in total. The van der Waals surface area contributed by atoms with Crippen molar-refractivity contribution in [2.24, 2.45) is 0 Å². The first-order valence-corrected chi connectivity index (χ1v) is 9.12. The number of amides is 1. The molecule has 5 nitrogen and oxygen atoms in total. The van der Waals surface area contributed by atoms with E-state index in [-0.39, 0.29) is 17.7 Å². The average molecular weight is 409 g/mol. The Labute approximate surface area is 167 Å². The molecule has 0 spiro atoms. The van der Waals surface area contributed by atoms with Gasteiger partial charge in [0, 0.05) is 17.2 Å². The number of nitrogens with zero attached hydrogens (tertiary/aromatic N) is 1. The van der Waals surface area contributed by atoms with Gasteiger partial charge in [0.05, 0.1) is 20.8 Å². The van der Waals surface area contributed by atoms with Crippen LogP contribution in [0.1, 0.15) is 28.8 Å². The summed E-state index contributed by atoms with van der Waals surface area (Å²) in [5, 5.41) is 0. The molecule has 1 aliphatic carbocycles. The predicted octanol–water partition coefficient (Wildman–Crippen LogP) is 4.45. The minimum absolute atomic E-state index is 0.0614. The number of rotatable bonds is 8. The summed E-state index contributed by atoms with van der Waals surface area (Å²) in [6.45, 7) is -1.03. The number of carbonyl (C=O) groups is 1. The maximum atomic E-state index is 13.0. The summed E-state index contributed by atoms with van der Waals surface area (Å²) in [5.41, 5.74) is 1.20. The van der Waals surface area contributed by atoms with Gasteiger partial charge in [-0.15, -0.1) is 0 Å². The van der Waals surface area contributed by atoms with Crippen LogP contribution >= 0.6 is 0 Å². The summed E-state index contributed by atoms with van der Waals surface area (Å²) in [4.78, 5) is 14.8. The minimum atomic E-state index is -4.41. The van der Waals surface area contributed by atoms with E-state index in [1.165, 1.54) is 24.3 Å². The number of methoxy groups -OCH3 is 2. The Morgan fingerprint density at radius 3 is 2.24 bits per heavy atom. The molecule has 156 valence electrons. The normalized spacial score (nSPS) is 13.7. The maximum Gasteiger partial charge on any atom is 0.422 e. The highest BCUT2D eigenvalue weighted by molar-refractivity contribution is 5.94. The largest absolute Gasteiger partial charge is 0.497 e. The molecular weight excluding hydrogens is 387 g/mol. The van der Waals surface area contributed by atoms with Crippen molar-refractivity contribution < 1.29 is 32.2 Å². The van der Waals surface area contributed by atoms with Crippen LogP contribution in [0.3, 0.4) is 0 Å². The highest BCUT2D eigenvalue weighted by atomic mass is 19.4. The number of benzene rings is 2. The lowest BCUT2D eigenvalue weighted by Gasteiger charge is -2.24. The Bertz CT molecular complexity index is 848. The SMILES string of the molecule is COc1ccc(OC)c(CN(C(=O)c2ccc(OCC(F)(F)F)cc2)C2CC2)c1. The third-order valence-electron chi connectivity index (χ3n) is 4.58. The fourth-order valence-electron chi connectivity index (χ4n) is 2.97. The van der Waals surface area contributed by atoms with E-state index in [1.807, 2.05) is 6.07 Å². The zero-order valence-corrected chi connectivity index (χ0v) is 16.2. The fraction of sp³-hybridized carbons (Fsp3) is 0.381. The Balaban J connectivity index is 1.75. The van der Waals surface area contributed by atoms with Gasteiger partial charge in [-0.05, 0) is 55.3 Å². The maximum absolute atomic E-state index is 13.0. The van der Waals surface area contributed by atoms with Crippen LogP contribution in [-0.4, -0.2) is 43.9 Å². The monoisotopic (exact) mass is 409 g/mol. The molecule has 2 aromatic carbocycles.